The molecular weight excluding hydrogens is 518 g/mol. The Kier molecular flexibility index (Phi) is 12.8. The number of rotatable bonds is 7. The fourth-order valence-corrected chi connectivity index (χ4v) is 4.31. The summed E-state index contributed by atoms with van der Waals surface area (Å²) in [6, 6.07) is 4.04. The first kappa shape index (κ1) is 32.7. The van der Waals surface area contributed by atoms with Gasteiger partial charge in [0.15, 0.2) is 0 Å². The smallest absolute Gasteiger partial charge is 0.475 e. The fourth-order valence-electron chi connectivity index (χ4n) is 4.31. The van der Waals surface area contributed by atoms with Crippen molar-refractivity contribution in [2.45, 2.75) is 31.7 Å². The average molecular weight is 550 g/mol. The topological polar surface area (TPSA) is 113 Å². The van der Waals surface area contributed by atoms with E-state index in [1.807, 2.05) is 13.2 Å². The van der Waals surface area contributed by atoms with E-state index in [2.05, 4.69) is 15.9 Å². The van der Waals surface area contributed by atoms with Gasteiger partial charge in [-0.1, -0.05) is 0 Å². The number of hydrogen-bond acceptors (Lipinski definition) is 7. The quantitative estimate of drug-likeness (QED) is 0.494. The van der Waals surface area contributed by atoms with E-state index >= 15 is 0 Å². The Morgan fingerprint density at radius 2 is 1.57 bits per heavy atom. The highest BCUT2D eigenvalue weighted by atomic mass is 19.4. The van der Waals surface area contributed by atoms with Crippen molar-refractivity contribution in [1.82, 2.24) is 9.80 Å². The second-order valence-corrected chi connectivity index (χ2v) is 8.70. The van der Waals surface area contributed by atoms with Gasteiger partial charge in [0, 0.05) is 39.8 Å². The van der Waals surface area contributed by atoms with Crippen LogP contribution in [0.3, 0.4) is 0 Å². The van der Waals surface area contributed by atoms with Crippen LogP contribution in [0.2, 0.25) is 0 Å². The molecule has 3 rings (SSSR count). The molecule has 2 aliphatic heterocycles. The molecular formula is C22H32F6N2O7. The molecule has 0 amide bonds. The van der Waals surface area contributed by atoms with E-state index in [1.54, 1.807) is 13.4 Å². The maximum Gasteiger partial charge on any atom is 0.490 e. The van der Waals surface area contributed by atoms with Gasteiger partial charge in [0.1, 0.15) is 5.76 Å². The molecule has 1 unspecified atom stereocenters. The Morgan fingerprint density at radius 3 is 1.97 bits per heavy atom. The first-order valence-electron chi connectivity index (χ1n) is 11.2. The fraction of sp³-hybridized carbons (Fsp3) is 0.727. The monoisotopic (exact) mass is 550 g/mol. The number of likely N-dealkylation sites (tertiary alicyclic amines) is 2. The minimum absolute atomic E-state index is 0.420. The molecule has 1 spiro atoms. The molecule has 0 radical (unpaired) electrons. The highest BCUT2D eigenvalue weighted by Crippen LogP contribution is 2.45. The summed E-state index contributed by atoms with van der Waals surface area (Å²) >= 11 is 0. The van der Waals surface area contributed by atoms with Crippen LogP contribution in [-0.2, 0) is 25.6 Å². The van der Waals surface area contributed by atoms with Gasteiger partial charge in [-0.25, -0.2) is 9.59 Å². The van der Waals surface area contributed by atoms with E-state index in [0.29, 0.717) is 11.3 Å². The number of carboxylic acid groups (broad SMARTS) is 2. The summed E-state index contributed by atoms with van der Waals surface area (Å²) in [4.78, 5) is 22.9. The largest absolute Gasteiger partial charge is 0.490 e. The Balaban J connectivity index is 0.000000404. The van der Waals surface area contributed by atoms with Crippen molar-refractivity contribution >= 4 is 11.9 Å². The summed E-state index contributed by atoms with van der Waals surface area (Å²) in [6.07, 6.45) is -5.89. The molecule has 2 N–H and O–H groups in total. The van der Waals surface area contributed by atoms with Crippen LogP contribution in [0.1, 0.15) is 18.6 Å². The standard InChI is InChI=1S/C18H30N2O3.2C2HF3O2/c1-21-11-9-20-12-16(14-22-2)18(15-20)5-7-19(8-6-18)13-17-4-3-10-23-17;2*3-2(4,5)1(6)7/h3-4,10,16H,5-9,11-15H2,1-2H3;2*(H,6,7). The summed E-state index contributed by atoms with van der Waals surface area (Å²) in [5.41, 5.74) is 0.420. The first-order valence-corrected chi connectivity index (χ1v) is 11.2. The van der Waals surface area contributed by atoms with E-state index in [4.69, 9.17) is 33.7 Å². The normalized spacial score (nSPS) is 20.1. The van der Waals surface area contributed by atoms with Crippen LogP contribution in [0.25, 0.3) is 0 Å². The van der Waals surface area contributed by atoms with Crippen LogP contribution in [-0.4, -0.2) is 104 Å². The van der Waals surface area contributed by atoms with Gasteiger partial charge >= 0.3 is 24.3 Å². The van der Waals surface area contributed by atoms with Crippen molar-refractivity contribution in [3.63, 3.8) is 0 Å². The van der Waals surface area contributed by atoms with Gasteiger partial charge in [0.05, 0.1) is 26.0 Å². The van der Waals surface area contributed by atoms with Crippen LogP contribution < -0.4 is 0 Å². The number of alkyl halides is 6. The molecule has 2 fully saturated rings. The molecule has 9 nitrogen and oxygen atoms in total. The minimum Gasteiger partial charge on any atom is -0.475 e. The number of piperidine rings is 1. The lowest BCUT2D eigenvalue weighted by Crippen LogP contribution is -2.45. The summed E-state index contributed by atoms with van der Waals surface area (Å²) in [6.45, 7) is 8.31. The number of aliphatic carboxylic acids is 2. The highest BCUT2D eigenvalue weighted by molar-refractivity contribution is 5.73. The molecule has 37 heavy (non-hydrogen) atoms. The molecule has 3 heterocycles. The number of carbonyl (C=O) groups is 2. The Morgan fingerprint density at radius 1 is 1.03 bits per heavy atom. The molecule has 2 saturated heterocycles. The van der Waals surface area contributed by atoms with Gasteiger partial charge in [0.25, 0.3) is 0 Å². The van der Waals surface area contributed by atoms with Gasteiger partial charge in [-0.05, 0) is 43.5 Å². The van der Waals surface area contributed by atoms with Gasteiger partial charge in [-0.3, -0.25) is 4.90 Å². The maximum absolute atomic E-state index is 10.6. The second kappa shape index (κ2) is 14.5. The van der Waals surface area contributed by atoms with E-state index in [0.717, 1.165) is 51.7 Å². The number of hydrogen-bond donors (Lipinski definition) is 2. The Labute approximate surface area is 209 Å². The van der Waals surface area contributed by atoms with Crippen LogP contribution in [0.4, 0.5) is 26.3 Å². The van der Waals surface area contributed by atoms with Crippen molar-refractivity contribution in [2.75, 3.05) is 60.2 Å². The lowest BCUT2D eigenvalue weighted by Gasteiger charge is -2.42. The number of methoxy groups -OCH3 is 2. The summed E-state index contributed by atoms with van der Waals surface area (Å²) in [5, 5.41) is 14.2. The molecule has 0 bridgehead atoms. The first-order chi connectivity index (χ1) is 17.1. The number of ether oxygens (including phenoxy) is 2. The molecule has 0 saturated carbocycles. The average Bonchev–Trinajstić information content (AvgIpc) is 3.42. The van der Waals surface area contributed by atoms with E-state index < -0.39 is 24.3 Å². The molecule has 214 valence electrons. The van der Waals surface area contributed by atoms with Crippen molar-refractivity contribution in [2.24, 2.45) is 11.3 Å². The number of furan rings is 1. The third kappa shape index (κ3) is 11.3. The maximum atomic E-state index is 10.6. The van der Waals surface area contributed by atoms with E-state index in [1.165, 1.54) is 19.4 Å². The van der Waals surface area contributed by atoms with Crippen LogP contribution in [0.15, 0.2) is 22.8 Å². The third-order valence-electron chi connectivity index (χ3n) is 6.16. The van der Waals surface area contributed by atoms with Crippen molar-refractivity contribution < 1.29 is 60.0 Å². The minimum atomic E-state index is -5.08. The lowest BCUT2D eigenvalue weighted by molar-refractivity contribution is -0.193. The van der Waals surface area contributed by atoms with Gasteiger partial charge < -0.3 is 29.0 Å². The van der Waals surface area contributed by atoms with Gasteiger partial charge in [-0.2, -0.15) is 26.3 Å². The molecule has 15 heteroatoms. The predicted octanol–water partition coefficient (Wildman–Crippen LogP) is 3.35. The summed E-state index contributed by atoms with van der Waals surface area (Å²) < 4.78 is 79.8. The molecule has 1 aromatic heterocycles. The van der Waals surface area contributed by atoms with Gasteiger partial charge in [0.2, 0.25) is 0 Å². The van der Waals surface area contributed by atoms with E-state index in [9.17, 15) is 26.3 Å². The molecule has 0 aromatic carbocycles. The molecule has 0 aliphatic carbocycles. The van der Waals surface area contributed by atoms with E-state index in [-0.39, 0.29) is 0 Å². The van der Waals surface area contributed by atoms with Gasteiger partial charge in [-0.15, -0.1) is 0 Å². The Hall–Kier alpha value is -2.36. The predicted molar refractivity (Wildman–Crippen MR) is 117 cm³/mol. The van der Waals surface area contributed by atoms with Crippen LogP contribution in [0, 0.1) is 11.3 Å². The lowest BCUT2D eigenvalue weighted by atomic mass is 9.71. The number of halogens is 6. The van der Waals surface area contributed by atoms with Crippen molar-refractivity contribution in [3.8, 4) is 0 Å². The summed E-state index contributed by atoms with van der Waals surface area (Å²) in [7, 11) is 3.61. The molecule has 1 aromatic rings. The summed E-state index contributed by atoms with van der Waals surface area (Å²) in [5.74, 6) is -3.79. The number of carboxylic acids is 2. The third-order valence-corrected chi connectivity index (χ3v) is 6.16. The molecule has 2 aliphatic rings. The Bertz CT molecular complexity index is 785. The highest BCUT2D eigenvalue weighted by Gasteiger charge is 2.47. The van der Waals surface area contributed by atoms with Crippen LogP contribution >= 0.6 is 0 Å². The zero-order chi connectivity index (χ0) is 28.3. The van der Waals surface area contributed by atoms with Crippen LogP contribution in [0.5, 0.6) is 0 Å². The van der Waals surface area contributed by atoms with Crippen molar-refractivity contribution in [3.05, 3.63) is 24.2 Å². The second-order valence-electron chi connectivity index (χ2n) is 8.70. The van der Waals surface area contributed by atoms with Crippen molar-refractivity contribution in [1.29, 1.82) is 0 Å². The number of nitrogens with zero attached hydrogens (tertiary/aromatic N) is 2. The zero-order valence-electron chi connectivity index (χ0n) is 20.5. The molecule has 1 atom stereocenters. The SMILES string of the molecule is COCCN1CC(COC)C2(CCN(Cc3ccco3)CC2)C1.O=C(O)C(F)(F)F.O=C(O)C(F)(F)F. The zero-order valence-corrected chi connectivity index (χ0v) is 20.5.